The molecule has 1 saturated heterocycles. The maximum absolute atomic E-state index is 12.6. The lowest BCUT2D eigenvalue weighted by Gasteiger charge is -2.18. The fourth-order valence-electron chi connectivity index (χ4n) is 2.36. The normalized spacial score (nSPS) is 24.0. The second kappa shape index (κ2) is 6.15. The van der Waals surface area contributed by atoms with E-state index in [2.05, 4.69) is 0 Å². The number of rotatable bonds is 4. The highest BCUT2D eigenvalue weighted by atomic mass is 32.2. The molecule has 2 unspecified atom stereocenters. The molecule has 0 bridgehead atoms. The smallest absolute Gasteiger partial charge is 0.311 e. The molecule has 1 amide bonds. The average molecular weight is 321 g/mol. The van der Waals surface area contributed by atoms with E-state index >= 15 is 0 Å². The molecule has 0 aromatic heterocycles. The van der Waals surface area contributed by atoms with Crippen molar-refractivity contribution in [3.8, 4) is 0 Å². The quantitative estimate of drug-likeness (QED) is 0.797. The minimum Gasteiger partial charge on any atom is -0.466 e. The fraction of sp³-hybridized carbons (Fsp3) is 0.333. The average Bonchev–Trinajstić information content (AvgIpc) is 3.02. The third kappa shape index (κ3) is 2.82. The molecule has 0 saturated carbocycles. The van der Waals surface area contributed by atoms with Crippen molar-refractivity contribution in [3.05, 3.63) is 47.0 Å². The Bertz CT molecular complexity index is 588. The van der Waals surface area contributed by atoms with Gasteiger partial charge in [0, 0.05) is 5.70 Å². The van der Waals surface area contributed by atoms with Crippen LogP contribution in [-0.2, 0) is 14.3 Å². The maximum Gasteiger partial charge on any atom is 0.311 e. The van der Waals surface area contributed by atoms with Crippen molar-refractivity contribution in [2.75, 3.05) is 6.61 Å². The van der Waals surface area contributed by atoms with Gasteiger partial charge in [0.25, 0.3) is 0 Å². The summed E-state index contributed by atoms with van der Waals surface area (Å²) in [6.07, 6.45) is 0.158. The van der Waals surface area contributed by atoms with E-state index < -0.39 is 0 Å². The molecule has 0 spiro atoms. The zero-order valence-corrected chi connectivity index (χ0v) is 13.2. The highest BCUT2D eigenvalue weighted by molar-refractivity contribution is 8.19. The molecule has 0 aliphatic carbocycles. The van der Waals surface area contributed by atoms with Crippen LogP contribution in [0.25, 0.3) is 0 Å². The van der Waals surface area contributed by atoms with Gasteiger partial charge in [0.15, 0.2) is 0 Å². The number of carbonyl (C=O) groups excluding carboxylic acids is 2. The first-order valence-corrected chi connectivity index (χ1v) is 8.63. The van der Waals surface area contributed by atoms with E-state index in [0.717, 1.165) is 11.3 Å². The summed E-state index contributed by atoms with van der Waals surface area (Å²) in [5.41, 5.74) is 1.76. The zero-order chi connectivity index (χ0) is 14.8. The van der Waals surface area contributed by atoms with Crippen molar-refractivity contribution in [2.24, 2.45) is 0 Å². The molecule has 3 rings (SSSR count). The van der Waals surface area contributed by atoms with Gasteiger partial charge in [-0.05, 0) is 17.9 Å². The van der Waals surface area contributed by atoms with Crippen LogP contribution in [0.1, 0.15) is 24.2 Å². The summed E-state index contributed by atoms with van der Waals surface area (Å²) in [5, 5.41) is 1.71. The largest absolute Gasteiger partial charge is 0.466 e. The Morgan fingerprint density at radius 1 is 1.33 bits per heavy atom. The number of hydrogen-bond donors (Lipinski definition) is 0. The second-order valence-corrected chi connectivity index (χ2v) is 7.11. The second-order valence-electron chi connectivity index (χ2n) is 4.67. The molecule has 1 aromatic rings. The Morgan fingerprint density at radius 2 is 2.10 bits per heavy atom. The van der Waals surface area contributed by atoms with Gasteiger partial charge in [-0.15, -0.1) is 11.8 Å². The molecular formula is C15H15NO3S2. The minimum absolute atomic E-state index is 0.0344. The molecule has 6 heteroatoms. The van der Waals surface area contributed by atoms with Gasteiger partial charge in [0.1, 0.15) is 9.96 Å². The highest BCUT2D eigenvalue weighted by Crippen LogP contribution is 2.52. The van der Waals surface area contributed by atoms with Crippen LogP contribution in [0.15, 0.2) is 41.4 Å². The predicted molar refractivity (Wildman–Crippen MR) is 84.3 cm³/mol. The van der Waals surface area contributed by atoms with Gasteiger partial charge in [-0.1, -0.05) is 42.1 Å². The number of thioether (sulfide) groups is 2. The van der Waals surface area contributed by atoms with Crippen LogP contribution in [0.5, 0.6) is 0 Å². The lowest BCUT2D eigenvalue weighted by molar-refractivity contribution is -0.142. The van der Waals surface area contributed by atoms with E-state index in [9.17, 15) is 9.59 Å². The topological polar surface area (TPSA) is 46.6 Å². The van der Waals surface area contributed by atoms with Crippen molar-refractivity contribution >= 4 is 35.4 Å². The number of fused-ring (bicyclic) bond motifs is 1. The molecule has 1 aromatic carbocycles. The van der Waals surface area contributed by atoms with Gasteiger partial charge in [-0.2, -0.15) is 0 Å². The molecule has 0 radical (unpaired) electrons. The molecule has 4 nitrogen and oxygen atoms in total. The summed E-state index contributed by atoms with van der Waals surface area (Å²) < 4.78 is 5.00. The Morgan fingerprint density at radius 3 is 2.81 bits per heavy atom. The van der Waals surface area contributed by atoms with Crippen molar-refractivity contribution < 1.29 is 14.3 Å². The van der Waals surface area contributed by atoms with Crippen LogP contribution in [0.2, 0.25) is 0 Å². The van der Waals surface area contributed by atoms with Crippen molar-refractivity contribution in [1.82, 2.24) is 4.90 Å². The fourth-order valence-corrected chi connectivity index (χ4v) is 5.09. The number of hydrogen-bond acceptors (Lipinski definition) is 5. The summed E-state index contributed by atoms with van der Waals surface area (Å²) in [4.78, 5) is 26.0. The number of carbonyl (C=O) groups is 2. The first-order valence-electron chi connectivity index (χ1n) is 6.74. The van der Waals surface area contributed by atoms with E-state index in [-0.39, 0.29) is 28.3 Å². The predicted octanol–water partition coefficient (Wildman–Crippen LogP) is 3.13. The van der Waals surface area contributed by atoms with Crippen LogP contribution in [0, 0.1) is 0 Å². The summed E-state index contributed by atoms with van der Waals surface area (Å²) >= 11 is 3.20. The number of nitrogens with zero attached hydrogens (tertiary/aromatic N) is 1. The van der Waals surface area contributed by atoms with Crippen LogP contribution < -0.4 is 0 Å². The third-order valence-electron chi connectivity index (χ3n) is 3.29. The molecule has 1 fully saturated rings. The van der Waals surface area contributed by atoms with Gasteiger partial charge in [-0.3, -0.25) is 14.5 Å². The molecule has 2 atom stereocenters. The number of ether oxygens (including phenoxy) is 1. The van der Waals surface area contributed by atoms with Crippen molar-refractivity contribution in [1.29, 1.82) is 0 Å². The van der Waals surface area contributed by atoms with Gasteiger partial charge in [0.05, 0.1) is 13.0 Å². The van der Waals surface area contributed by atoms with E-state index in [1.54, 1.807) is 35.3 Å². The monoisotopic (exact) mass is 321 g/mol. The summed E-state index contributed by atoms with van der Waals surface area (Å²) in [6, 6.07) is 9.76. The van der Waals surface area contributed by atoms with Crippen LogP contribution >= 0.6 is 23.5 Å². The zero-order valence-electron chi connectivity index (χ0n) is 11.5. The SMILES string of the molecule is CCOC(=O)CC1=CSC2SC(c3ccccc3)C(=O)N12. The molecule has 2 aliphatic heterocycles. The molecule has 110 valence electrons. The van der Waals surface area contributed by atoms with E-state index in [4.69, 9.17) is 4.74 Å². The van der Waals surface area contributed by atoms with E-state index in [1.165, 1.54) is 0 Å². The van der Waals surface area contributed by atoms with E-state index in [1.807, 2.05) is 35.7 Å². The summed E-state index contributed by atoms with van der Waals surface area (Å²) in [7, 11) is 0. The lowest BCUT2D eigenvalue weighted by Crippen LogP contribution is -2.29. The Labute approximate surface area is 131 Å². The summed E-state index contributed by atoms with van der Waals surface area (Å²) in [5.74, 6) is -0.234. The minimum atomic E-state index is -0.286. The van der Waals surface area contributed by atoms with Gasteiger partial charge in [0.2, 0.25) is 5.91 Å². The third-order valence-corrected chi connectivity index (χ3v) is 6.00. The van der Waals surface area contributed by atoms with Crippen LogP contribution in [-0.4, -0.2) is 28.1 Å². The molecule has 2 heterocycles. The molecule has 0 N–H and O–H groups in total. The van der Waals surface area contributed by atoms with Gasteiger partial charge < -0.3 is 4.74 Å². The lowest BCUT2D eigenvalue weighted by atomic mass is 10.1. The molecular weight excluding hydrogens is 306 g/mol. The number of amides is 1. The Kier molecular flexibility index (Phi) is 4.26. The van der Waals surface area contributed by atoms with Gasteiger partial charge >= 0.3 is 5.97 Å². The standard InChI is InChI=1S/C15H15NO3S2/c1-2-19-12(17)8-11-9-20-15-16(11)14(18)13(21-15)10-6-4-3-5-7-10/h3-7,9,13,15H,2,8H2,1H3. The van der Waals surface area contributed by atoms with E-state index in [0.29, 0.717) is 6.61 Å². The van der Waals surface area contributed by atoms with Crippen LogP contribution in [0.3, 0.4) is 0 Å². The van der Waals surface area contributed by atoms with Crippen molar-refractivity contribution in [3.63, 3.8) is 0 Å². The Balaban J connectivity index is 1.74. The molecule has 21 heavy (non-hydrogen) atoms. The number of benzene rings is 1. The Hall–Kier alpha value is -1.40. The first-order chi connectivity index (χ1) is 10.2. The highest BCUT2D eigenvalue weighted by Gasteiger charge is 2.45. The maximum atomic E-state index is 12.6. The van der Waals surface area contributed by atoms with Crippen LogP contribution in [0.4, 0.5) is 0 Å². The number of esters is 1. The molecule has 2 aliphatic rings. The first kappa shape index (κ1) is 14.5. The summed E-state index contributed by atoms with van der Waals surface area (Å²) in [6.45, 7) is 2.14. The van der Waals surface area contributed by atoms with Crippen molar-refractivity contribution in [2.45, 2.75) is 23.3 Å². The van der Waals surface area contributed by atoms with Gasteiger partial charge in [-0.25, -0.2) is 0 Å².